The number of fused-ring (bicyclic) bond motifs is 1. The molecule has 148 valence electrons. The summed E-state index contributed by atoms with van der Waals surface area (Å²) in [6, 6.07) is 14.3. The van der Waals surface area contributed by atoms with Crippen LogP contribution in [0, 0.1) is 0 Å². The number of nitrogens with one attached hydrogen (secondary N) is 1. The molecule has 0 unspecified atom stereocenters. The van der Waals surface area contributed by atoms with E-state index in [2.05, 4.69) is 5.32 Å². The topological polar surface area (TPSA) is 77.1 Å². The van der Waals surface area contributed by atoms with Gasteiger partial charge in [-0.05, 0) is 30.7 Å². The molecule has 1 atom stereocenters. The van der Waals surface area contributed by atoms with Gasteiger partial charge in [0.25, 0.3) is 5.91 Å². The van der Waals surface area contributed by atoms with E-state index in [9.17, 15) is 9.59 Å². The number of methoxy groups -OCH3 is 1. The van der Waals surface area contributed by atoms with E-state index in [0.717, 1.165) is 6.42 Å². The van der Waals surface area contributed by atoms with E-state index in [-0.39, 0.29) is 25.0 Å². The van der Waals surface area contributed by atoms with Crippen LogP contribution in [-0.2, 0) is 9.59 Å². The Morgan fingerprint density at radius 2 is 1.86 bits per heavy atom. The number of ether oxygens (including phenoxy) is 3. The van der Waals surface area contributed by atoms with Gasteiger partial charge in [0.15, 0.2) is 11.5 Å². The molecule has 0 aliphatic carbocycles. The third-order valence-electron chi connectivity index (χ3n) is 4.30. The molecule has 28 heavy (non-hydrogen) atoms. The molecule has 2 aromatic rings. The maximum absolute atomic E-state index is 12.9. The molecule has 3 rings (SSSR count). The van der Waals surface area contributed by atoms with Crippen molar-refractivity contribution in [2.24, 2.45) is 0 Å². The number of para-hydroxylation sites is 4. The smallest absolute Gasteiger partial charge is 0.267 e. The third kappa shape index (κ3) is 4.54. The van der Waals surface area contributed by atoms with E-state index in [1.807, 2.05) is 25.1 Å². The van der Waals surface area contributed by atoms with Crippen LogP contribution >= 0.6 is 0 Å². The average molecular weight is 384 g/mol. The van der Waals surface area contributed by atoms with Crippen molar-refractivity contribution < 1.29 is 23.8 Å². The van der Waals surface area contributed by atoms with Gasteiger partial charge >= 0.3 is 0 Å². The quantitative estimate of drug-likeness (QED) is 0.794. The van der Waals surface area contributed by atoms with Gasteiger partial charge in [-0.3, -0.25) is 9.59 Å². The SMILES string of the molecule is CCCN(CC(=O)Nc1ccccc1OC)C(=O)[C@@H]1COc2ccccc2O1. The summed E-state index contributed by atoms with van der Waals surface area (Å²) in [6.07, 6.45) is -0.0572. The summed E-state index contributed by atoms with van der Waals surface area (Å²) in [4.78, 5) is 26.9. The number of anilines is 1. The maximum atomic E-state index is 12.9. The normalized spacial score (nSPS) is 14.9. The van der Waals surface area contributed by atoms with E-state index in [4.69, 9.17) is 14.2 Å². The Hall–Kier alpha value is -3.22. The van der Waals surface area contributed by atoms with Crippen LogP contribution in [0.2, 0.25) is 0 Å². The first kappa shape index (κ1) is 19.5. The second-order valence-corrected chi connectivity index (χ2v) is 6.37. The molecule has 0 spiro atoms. The lowest BCUT2D eigenvalue weighted by Gasteiger charge is -2.30. The Balaban J connectivity index is 1.66. The molecule has 0 fully saturated rings. The summed E-state index contributed by atoms with van der Waals surface area (Å²) in [7, 11) is 1.54. The number of carbonyl (C=O) groups excluding carboxylic acids is 2. The number of benzene rings is 2. The predicted octanol–water partition coefficient (Wildman–Crippen LogP) is 2.71. The average Bonchev–Trinajstić information content (AvgIpc) is 2.73. The zero-order chi connectivity index (χ0) is 19.9. The fourth-order valence-corrected chi connectivity index (χ4v) is 2.99. The standard InChI is InChI=1S/C21H24N2O5/c1-3-12-23(13-20(24)22-15-8-4-5-9-16(15)26-2)21(25)19-14-27-17-10-6-7-11-18(17)28-19/h4-11,19H,3,12-14H2,1-2H3,(H,22,24)/t19-/m0/s1. The van der Waals surface area contributed by atoms with E-state index < -0.39 is 6.10 Å². The summed E-state index contributed by atoms with van der Waals surface area (Å²) in [6.45, 7) is 2.43. The summed E-state index contributed by atoms with van der Waals surface area (Å²) >= 11 is 0. The Labute approximate surface area is 164 Å². The number of hydrogen-bond donors (Lipinski definition) is 1. The first-order valence-corrected chi connectivity index (χ1v) is 9.22. The van der Waals surface area contributed by atoms with Crippen LogP contribution in [0.3, 0.4) is 0 Å². The van der Waals surface area contributed by atoms with Crippen LogP contribution in [0.15, 0.2) is 48.5 Å². The second-order valence-electron chi connectivity index (χ2n) is 6.37. The van der Waals surface area contributed by atoms with Crippen molar-refractivity contribution in [1.29, 1.82) is 0 Å². The lowest BCUT2D eigenvalue weighted by molar-refractivity contribution is -0.143. The Kier molecular flexibility index (Phi) is 6.37. The van der Waals surface area contributed by atoms with Crippen molar-refractivity contribution in [3.8, 4) is 17.2 Å². The zero-order valence-electron chi connectivity index (χ0n) is 16.0. The second kappa shape index (κ2) is 9.12. The Morgan fingerprint density at radius 1 is 1.14 bits per heavy atom. The number of carbonyl (C=O) groups is 2. The van der Waals surface area contributed by atoms with Crippen LogP contribution in [0.1, 0.15) is 13.3 Å². The third-order valence-corrected chi connectivity index (χ3v) is 4.30. The van der Waals surface area contributed by atoms with Crippen LogP contribution in [0.25, 0.3) is 0 Å². The minimum Gasteiger partial charge on any atom is -0.495 e. The molecule has 1 aliphatic heterocycles. The van der Waals surface area contributed by atoms with Crippen molar-refractivity contribution in [1.82, 2.24) is 4.90 Å². The molecule has 1 aliphatic rings. The van der Waals surface area contributed by atoms with Crippen molar-refractivity contribution >= 4 is 17.5 Å². The molecule has 0 saturated carbocycles. The minimum atomic E-state index is -0.777. The Bertz CT molecular complexity index is 839. The van der Waals surface area contributed by atoms with Gasteiger partial charge in [0.2, 0.25) is 12.0 Å². The first-order valence-electron chi connectivity index (χ1n) is 9.22. The Morgan fingerprint density at radius 3 is 2.61 bits per heavy atom. The monoisotopic (exact) mass is 384 g/mol. The van der Waals surface area contributed by atoms with Gasteiger partial charge in [-0.25, -0.2) is 0 Å². The first-order chi connectivity index (χ1) is 13.6. The highest BCUT2D eigenvalue weighted by molar-refractivity contribution is 5.96. The largest absolute Gasteiger partial charge is 0.495 e. The molecule has 1 N–H and O–H groups in total. The molecular weight excluding hydrogens is 360 g/mol. The predicted molar refractivity (Wildman–Crippen MR) is 105 cm³/mol. The molecule has 2 aromatic carbocycles. The van der Waals surface area contributed by atoms with Crippen molar-refractivity contribution in [2.45, 2.75) is 19.4 Å². The highest BCUT2D eigenvalue weighted by atomic mass is 16.6. The van der Waals surface area contributed by atoms with E-state index in [1.165, 1.54) is 12.0 Å². The lowest BCUT2D eigenvalue weighted by atomic mass is 10.2. The molecule has 7 heteroatoms. The molecule has 0 bridgehead atoms. The lowest BCUT2D eigenvalue weighted by Crippen LogP contribution is -2.49. The molecule has 2 amide bonds. The van der Waals surface area contributed by atoms with Gasteiger partial charge in [-0.15, -0.1) is 0 Å². The summed E-state index contributed by atoms with van der Waals surface area (Å²) in [5, 5.41) is 2.79. The van der Waals surface area contributed by atoms with Gasteiger partial charge < -0.3 is 24.4 Å². The van der Waals surface area contributed by atoms with Crippen LogP contribution in [0.4, 0.5) is 5.69 Å². The highest BCUT2D eigenvalue weighted by Gasteiger charge is 2.31. The van der Waals surface area contributed by atoms with E-state index >= 15 is 0 Å². The number of hydrogen-bond acceptors (Lipinski definition) is 5. The molecule has 1 heterocycles. The highest BCUT2D eigenvalue weighted by Crippen LogP contribution is 2.31. The van der Waals surface area contributed by atoms with Crippen LogP contribution < -0.4 is 19.5 Å². The number of rotatable bonds is 7. The number of nitrogens with zero attached hydrogens (tertiary/aromatic N) is 1. The van der Waals surface area contributed by atoms with Gasteiger partial charge in [-0.1, -0.05) is 31.2 Å². The van der Waals surface area contributed by atoms with Crippen LogP contribution in [0.5, 0.6) is 17.2 Å². The zero-order valence-corrected chi connectivity index (χ0v) is 16.0. The van der Waals surface area contributed by atoms with E-state index in [1.54, 1.807) is 30.3 Å². The molecule has 7 nitrogen and oxygen atoms in total. The van der Waals surface area contributed by atoms with Gasteiger partial charge in [0.1, 0.15) is 12.4 Å². The fraction of sp³-hybridized carbons (Fsp3) is 0.333. The summed E-state index contributed by atoms with van der Waals surface area (Å²) in [5.41, 5.74) is 0.560. The maximum Gasteiger partial charge on any atom is 0.267 e. The molecule has 0 aromatic heterocycles. The van der Waals surface area contributed by atoms with Gasteiger partial charge in [0, 0.05) is 6.54 Å². The summed E-state index contributed by atoms with van der Waals surface area (Å²) < 4.78 is 16.7. The molecule has 0 radical (unpaired) electrons. The van der Waals surface area contributed by atoms with Crippen molar-refractivity contribution in [2.75, 3.05) is 32.1 Å². The van der Waals surface area contributed by atoms with Crippen molar-refractivity contribution in [3.63, 3.8) is 0 Å². The fourth-order valence-electron chi connectivity index (χ4n) is 2.99. The van der Waals surface area contributed by atoms with Crippen molar-refractivity contribution in [3.05, 3.63) is 48.5 Å². The molecular formula is C21H24N2O5. The van der Waals surface area contributed by atoms with Gasteiger partial charge in [-0.2, -0.15) is 0 Å². The summed E-state index contributed by atoms with van der Waals surface area (Å²) in [5.74, 6) is 1.13. The van der Waals surface area contributed by atoms with Crippen LogP contribution in [-0.4, -0.2) is 49.6 Å². The van der Waals surface area contributed by atoms with E-state index in [0.29, 0.717) is 29.5 Å². The minimum absolute atomic E-state index is 0.0772. The van der Waals surface area contributed by atoms with Gasteiger partial charge in [0.05, 0.1) is 19.3 Å². The number of amides is 2. The molecule has 0 saturated heterocycles.